The Balaban J connectivity index is 2.18. The molecule has 0 atom stereocenters. The summed E-state index contributed by atoms with van der Waals surface area (Å²) in [5, 5.41) is 0.872. The Morgan fingerprint density at radius 1 is 1.25 bits per heavy atom. The minimum absolute atomic E-state index is 0.436. The van der Waals surface area contributed by atoms with Crippen LogP contribution in [0.3, 0.4) is 0 Å². The molecular formula is C8H8Cl2N2. The molecule has 0 radical (unpaired) electrons. The van der Waals surface area contributed by atoms with E-state index in [-0.39, 0.29) is 0 Å². The first kappa shape index (κ1) is 8.27. The Hall–Kier alpha value is -0.340. The lowest BCUT2D eigenvalue weighted by atomic mass is 10.3. The molecule has 0 N–H and O–H groups in total. The fraction of sp³-hybridized carbons (Fsp3) is 0.500. The molecular weight excluding hydrogens is 195 g/mol. The van der Waals surface area contributed by atoms with Crippen molar-refractivity contribution in [1.82, 2.24) is 9.97 Å². The smallest absolute Gasteiger partial charge is 0.134 e. The lowest BCUT2D eigenvalue weighted by Gasteiger charge is -1.98. The van der Waals surface area contributed by atoms with Crippen LogP contribution in [0, 0.1) is 5.92 Å². The van der Waals surface area contributed by atoms with Gasteiger partial charge >= 0.3 is 0 Å². The Morgan fingerprint density at radius 2 is 1.83 bits per heavy atom. The third-order valence-electron chi connectivity index (χ3n) is 1.88. The van der Waals surface area contributed by atoms with Gasteiger partial charge in [0.1, 0.15) is 16.1 Å². The van der Waals surface area contributed by atoms with Gasteiger partial charge in [-0.25, -0.2) is 9.97 Å². The van der Waals surface area contributed by atoms with Crippen LogP contribution in [0.15, 0.2) is 6.07 Å². The van der Waals surface area contributed by atoms with Crippen LogP contribution in [-0.4, -0.2) is 9.97 Å². The number of hydrogen-bond acceptors (Lipinski definition) is 2. The van der Waals surface area contributed by atoms with E-state index in [1.54, 1.807) is 6.07 Å². The average Bonchev–Trinajstić information content (AvgIpc) is 2.68. The van der Waals surface area contributed by atoms with Crippen LogP contribution >= 0.6 is 23.2 Å². The Labute approximate surface area is 80.9 Å². The van der Waals surface area contributed by atoms with Crippen molar-refractivity contribution < 1.29 is 0 Å². The average molecular weight is 203 g/mol. The summed E-state index contributed by atoms with van der Waals surface area (Å²) in [6.07, 6.45) is 3.49. The quantitative estimate of drug-likeness (QED) is 0.690. The van der Waals surface area contributed by atoms with Gasteiger partial charge in [-0.1, -0.05) is 23.2 Å². The Kier molecular flexibility index (Phi) is 2.20. The normalized spacial score (nSPS) is 16.5. The molecule has 0 amide bonds. The van der Waals surface area contributed by atoms with E-state index in [2.05, 4.69) is 9.97 Å². The maximum absolute atomic E-state index is 5.72. The first-order chi connectivity index (χ1) is 5.74. The van der Waals surface area contributed by atoms with Crippen molar-refractivity contribution in [3.63, 3.8) is 0 Å². The zero-order chi connectivity index (χ0) is 8.55. The number of hydrogen-bond donors (Lipinski definition) is 0. The van der Waals surface area contributed by atoms with Crippen LogP contribution < -0.4 is 0 Å². The molecule has 2 rings (SSSR count). The molecule has 0 aromatic carbocycles. The molecule has 1 fully saturated rings. The van der Waals surface area contributed by atoms with Crippen LogP contribution in [0.1, 0.15) is 18.7 Å². The van der Waals surface area contributed by atoms with Gasteiger partial charge in [-0.05, 0) is 18.8 Å². The van der Waals surface area contributed by atoms with E-state index in [0.29, 0.717) is 10.3 Å². The van der Waals surface area contributed by atoms with E-state index in [1.807, 2.05) is 0 Å². The maximum Gasteiger partial charge on any atom is 0.134 e. The minimum Gasteiger partial charge on any atom is -0.221 e. The molecule has 1 saturated carbocycles. The molecule has 0 aliphatic heterocycles. The Morgan fingerprint density at radius 3 is 2.33 bits per heavy atom. The summed E-state index contributed by atoms with van der Waals surface area (Å²) in [5.74, 6) is 1.54. The highest BCUT2D eigenvalue weighted by Gasteiger charge is 2.22. The molecule has 64 valence electrons. The van der Waals surface area contributed by atoms with E-state index in [9.17, 15) is 0 Å². The van der Waals surface area contributed by atoms with E-state index in [0.717, 1.165) is 18.2 Å². The van der Waals surface area contributed by atoms with Crippen molar-refractivity contribution >= 4 is 23.2 Å². The summed E-state index contributed by atoms with van der Waals surface area (Å²) in [6.45, 7) is 0. The van der Waals surface area contributed by atoms with Crippen LogP contribution in [0.5, 0.6) is 0 Å². The highest BCUT2D eigenvalue weighted by molar-refractivity contribution is 6.33. The van der Waals surface area contributed by atoms with Crippen molar-refractivity contribution in [3.8, 4) is 0 Å². The van der Waals surface area contributed by atoms with Crippen LogP contribution in [0.4, 0.5) is 0 Å². The topological polar surface area (TPSA) is 25.8 Å². The van der Waals surface area contributed by atoms with Crippen molar-refractivity contribution in [2.75, 3.05) is 0 Å². The highest BCUT2D eigenvalue weighted by atomic mass is 35.5. The molecule has 0 spiro atoms. The zero-order valence-electron chi connectivity index (χ0n) is 6.43. The molecule has 1 heterocycles. The van der Waals surface area contributed by atoms with Crippen molar-refractivity contribution in [2.24, 2.45) is 5.92 Å². The van der Waals surface area contributed by atoms with Gasteiger partial charge in [-0.3, -0.25) is 0 Å². The molecule has 12 heavy (non-hydrogen) atoms. The summed E-state index contributed by atoms with van der Waals surface area (Å²) in [6, 6.07) is 1.56. The minimum atomic E-state index is 0.436. The van der Waals surface area contributed by atoms with Gasteiger partial charge in [-0.2, -0.15) is 0 Å². The van der Waals surface area contributed by atoms with Crippen molar-refractivity contribution in [3.05, 3.63) is 22.2 Å². The van der Waals surface area contributed by atoms with Gasteiger partial charge in [0, 0.05) is 12.5 Å². The number of rotatable bonds is 2. The van der Waals surface area contributed by atoms with Crippen LogP contribution in [0.25, 0.3) is 0 Å². The van der Waals surface area contributed by atoms with Crippen LogP contribution in [0.2, 0.25) is 10.3 Å². The fourth-order valence-corrected chi connectivity index (χ4v) is 1.56. The summed E-state index contributed by atoms with van der Waals surface area (Å²) in [7, 11) is 0. The standard InChI is InChI=1S/C8H8Cl2N2/c9-6-4-7(10)12-8(11-6)3-5-1-2-5/h4-5H,1-3H2. The molecule has 2 nitrogen and oxygen atoms in total. The van der Waals surface area contributed by atoms with E-state index < -0.39 is 0 Å². The summed E-state index contributed by atoms with van der Waals surface area (Å²) in [4.78, 5) is 8.17. The zero-order valence-corrected chi connectivity index (χ0v) is 7.94. The fourth-order valence-electron chi connectivity index (χ4n) is 1.11. The molecule has 0 bridgehead atoms. The monoisotopic (exact) mass is 202 g/mol. The summed E-state index contributed by atoms with van der Waals surface area (Å²) >= 11 is 11.4. The maximum atomic E-state index is 5.72. The molecule has 0 saturated heterocycles. The first-order valence-electron chi connectivity index (χ1n) is 3.93. The predicted octanol–water partition coefficient (Wildman–Crippen LogP) is 2.74. The molecule has 1 aromatic heterocycles. The summed E-state index contributed by atoms with van der Waals surface area (Å²) < 4.78 is 0. The van der Waals surface area contributed by atoms with Gasteiger partial charge < -0.3 is 0 Å². The van der Waals surface area contributed by atoms with Crippen molar-refractivity contribution in [2.45, 2.75) is 19.3 Å². The largest absolute Gasteiger partial charge is 0.221 e. The lowest BCUT2D eigenvalue weighted by molar-refractivity contribution is 0.770. The molecule has 1 aliphatic carbocycles. The molecule has 4 heteroatoms. The second-order valence-corrected chi connectivity index (χ2v) is 3.85. The van der Waals surface area contributed by atoms with Gasteiger partial charge in [0.05, 0.1) is 0 Å². The number of halogens is 2. The van der Waals surface area contributed by atoms with Gasteiger partial charge in [0.2, 0.25) is 0 Å². The highest BCUT2D eigenvalue weighted by Crippen LogP contribution is 2.32. The predicted molar refractivity (Wildman–Crippen MR) is 48.5 cm³/mol. The second-order valence-electron chi connectivity index (χ2n) is 3.08. The third-order valence-corrected chi connectivity index (χ3v) is 2.27. The van der Waals surface area contributed by atoms with Crippen LogP contribution in [-0.2, 0) is 6.42 Å². The van der Waals surface area contributed by atoms with Gasteiger partial charge in [0.15, 0.2) is 0 Å². The van der Waals surface area contributed by atoms with Crippen molar-refractivity contribution in [1.29, 1.82) is 0 Å². The molecule has 0 unspecified atom stereocenters. The second kappa shape index (κ2) is 3.19. The lowest BCUT2D eigenvalue weighted by Crippen LogP contribution is -1.96. The SMILES string of the molecule is Clc1cc(Cl)nc(CC2CC2)n1. The first-order valence-corrected chi connectivity index (χ1v) is 4.68. The van der Waals surface area contributed by atoms with E-state index in [1.165, 1.54) is 12.8 Å². The molecule has 1 aliphatic rings. The van der Waals surface area contributed by atoms with E-state index >= 15 is 0 Å². The Bertz CT molecular complexity index is 277. The number of nitrogens with zero attached hydrogens (tertiary/aromatic N) is 2. The van der Waals surface area contributed by atoms with Gasteiger partial charge in [0.25, 0.3) is 0 Å². The third kappa shape index (κ3) is 2.08. The molecule has 1 aromatic rings. The van der Waals surface area contributed by atoms with E-state index in [4.69, 9.17) is 23.2 Å². The summed E-state index contributed by atoms with van der Waals surface area (Å²) in [5.41, 5.74) is 0. The van der Waals surface area contributed by atoms with Gasteiger partial charge in [-0.15, -0.1) is 0 Å². The number of aromatic nitrogens is 2.